The molecule has 1 heteroatoms. The van der Waals surface area contributed by atoms with Gasteiger partial charge in [-0.05, 0) is 40.8 Å². The molecule has 0 heterocycles. The third-order valence-electron chi connectivity index (χ3n) is 3.41. The molecule has 1 nitrogen and oxygen atoms in total. The monoisotopic (exact) mass is 260 g/mol. The number of hydrogen-bond acceptors (Lipinski definition) is 1. The Labute approximate surface area is 119 Å². The molecule has 0 amide bonds. The molecule has 0 atom stereocenters. The first-order valence-corrected chi connectivity index (χ1v) is 6.74. The van der Waals surface area contributed by atoms with Crippen molar-refractivity contribution in [3.63, 3.8) is 0 Å². The Kier molecular flexibility index (Phi) is 3.51. The lowest BCUT2D eigenvalue weighted by Gasteiger charge is -2.11. The van der Waals surface area contributed by atoms with Crippen LogP contribution in [-0.4, -0.2) is 5.11 Å². The molecule has 1 N–H and O–H groups in total. The van der Waals surface area contributed by atoms with Crippen LogP contribution in [0.15, 0.2) is 78.9 Å². The van der Waals surface area contributed by atoms with Gasteiger partial charge in [0.05, 0.1) is 0 Å². The van der Waals surface area contributed by atoms with Crippen LogP contribution in [0.5, 0.6) is 5.75 Å². The topological polar surface area (TPSA) is 20.2 Å². The Bertz CT molecular complexity index is 687. The molecule has 98 valence electrons. The van der Waals surface area contributed by atoms with Gasteiger partial charge in [0.15, 0.2) is 0 Å². The number of aromatic hydroxyl groups is 1. The number of rotatable bonds is 3. The summed E-state index contributed by atoms with van der Waals surface area (Å²) in [6.07, 6.45) is 0.819. The fraction of sp³-hybridized carbons (Fsp3) is 0.0526. The molecule has 0 aromatic heterocycles. The summed E-state index contributed by atoms with van der Waals surface area (Å²) in [5.74, 6) is 0.315. The zero-order valence-corrected chi connectivity index (χ0v) is 11.2. The van der Waals surface area contributed by atoms with Crippen molar-refractivity contribution in [2.45, 2.75) is 6.42 Å². The maximum atomic E-state index is 9.76. The van der Waals surface area contributed by atoms with Gasteiger partial charge in [-0.25, -0.2) is 0 Å². The van der Waals surface area contributed by atoms with E-state index < -0.39 is 0 Å². The van der Waals surface area contributed by atoms with Gasteiger partial charge in [0.2, 0.25) is 0 Å². The first-order valence-electron chi connectivity index (χ1n) is 6.74. The minimum atomic E-state index is 0.315. The molecule has 0 spiro atoms. The SMILES string of the molecule is Oc1ccc(-c2ccccc2)c(Cc2ccccc2)c1. The lowest BCUT2D eigenvalue weighted by atomic mass is 9.95. The predicted octanol–water partition coefficient (Wildman–Crippen LogP) is 4.65. The molecule has 3 aromatic rings. The molecule has 0 unspecified atom stereocenters. The first-order chi connectivity index (χ1) is 9.83. The van der Waals surface area contributed by atoms with Gasteiger partial charge in [0.25, 0.3) is 0 Å². The number of benzene rings is 3. The van der Waals surface area contributed by atoms with Gasteiger partial charge < -0.3 is 5.11 Å². The molecular weight excluding hydrogens is 244 g/mol. The molecular formula is C19H16O. The van der Waals surface area contributed by atoms with Crippen LogP contribution in [0.25, 0.3) is 11.1 Å². The highest BCUT2D eigenvalue weighted by molar-refractivity contribution is 5.68. The van der Waals surface area contributed by atoms with Crippen LogP contribution in [0.4, 0.5) is 0 Å². The smallest absolute Gasteiger partial charge is 0.115 e. The van der Waals surface area contributed by atoms with Gasteiger partial charge in [-0.3, -0.25) is 0 Å². The van der Waals surface area contributed by atoms with Crippen molar-refractivity contribution < 1.29 is 5.11 Å². The Morgan fingerprint density at radius 2 is 1.35 bits per heavy atom. The normalized spacial score (nSPS) is 10.4. The largest absolute Gasteiger partial charge is 0.508 e. The van der Waals surface area contributed by atoms with Crippen LogP contribution >= 0.6 is 0 Å². The molecule has 0 aliphatic heterocycles. The van der Waals surface area contributed by atoms with E-state index >= 15 is 0 Å². The molecule has 3 rings (SSSR count). The zero-order valence-electron chi connectivity index (χ0n) is 11.2. The quantitative estimate of drug-likeness (QED) is 0.726. The number of hydrogen-bond donors (Lipinski definition) is 1. The van der Waals surface area contributed by atoms with Crippen molar-refractivity contribution in [2.24, 2.45) is 0 Å². The summed E-state index contributed by atoms with van der Waals surface area (Å²) < 4.78 is 0. The van der Waals surface area contributed by atoms with E-state index in [0.29, 0.717) is 5.75 Å². The van der Waals surface area contributed by atoms with Crippen LogP contribution in [0, 0.1) is 0 Å². The van der Waals surface area contributed by atoms with Crippen LogP contribution in [-0.2, 0) is 6.42 Å². The Morgan fingerprint density at radius 1 is 0.700 bits per heavy atom. The minimum absolute atomic E-state index is 0.315. The van der Waals surface area contributed by atoms with E-state index in [2.05, 4.69) is 24.3 Å². The molecule has 3 aromatic carbocycles. The second-order valence-electron chi connectivity index (χ2n) is 4.87. The summed E-state index contributed by atoms with van der Waals surface area (Å²) >= 11 is 0. The van der Waals surface area contributed by atoms with E-state index in [-0.39, 0.29) is 0 Å². The van der Waals surface area contributed by atoms with E-state index in [4.69, 9.17) is 0 Å². The summed E-state index contributed by atoms with van der Waals surface area (Å²) in [5.41, 5.74) is 4.74. The predicted molar refractivity (Wildman–Crippen MR) is 82.8 cm³/mol. The summed E-state index contributed by atoms with van der Waals surface area (Å²) in [7, 11) is 0. The summed E-state index contributed by atoms with van der Waals surface area (Å²) in [6.45, 7) is 0. The fourth-order valence-electron chi connectivity index (χ4n) is 2.44. The number of phenolic OH excluding ortho intramolecular Hbond substituents is 1. The van der Waals surface area contributed by atoms with Crippen LogP contribution in [0.2, 0.25) is 0 Å². The van der Waals surface area contributed by atoms with Crippen LogP contribution in [0.1, 0.15) is 11.1 Å². The second-order valence-corrected chi connectivity index (χ2v) is 4.87. The van der Waals surface area contributed by atoms with Gasteiger partial charge in [-0.2, -0.15) is 0 Å². The lowest BCUT2D eigenvalue weighted by Crippen LogP contribution is -1.92. The highest BCUT2D eigenvalue weighted by Gasteiger charge is 2.07. The van der Waals surface area contributed by atoms with Crippen LogP contribution in [0.3, 0.4) is 0 Å². The minimum Gasteiger partial charge on any atom is -0.508 e. The fourth-order valence-corrected chi connectivity index (χ4v) is 2.44. The van der Waals surface area contributed by atoms with Gasteiger partial charge in [-0.1, -0.05) is 66.7 Å². The van der Waals surface area contributed by atoms with Crippen molar-refractivity contribution >= 4 is 0 Å². The molecule has 0 saturated heterocycles. The van der Waals surface area contributed by atoms with E-state index in [1.807, 2.05) is 48.5 Å². The third kappa shape index (κ3) is 2.72. The summed E-state index contributed by atoms with van der Waals surface area (Å²) in [6, 6.07) is 26.2. The van der Waals surface area contributed by atoms with Crippen LogP contribution < -0.4 is 0 Å². The summed E-state index contributed by atoms with van der Waals surface area (Å²) in [5, 5.41) is 9.76. The van der Waals surface area contributed by atoms with Crippen molar-refractivity contribution in [1.82, 2.24) is 0 Å². The molecule has 0 bridgehead atoms. The van der Waals surface area contributed by atoms with E-state index in [9.17, 15) is 5.11 Å². The Morgan fingerprint density at radius 3 is 2.05 bits per heavy atom. The average molecular weight is 260 g/mol. The molecule has 0 radical (unpaired) electrons. The molecule has 20 heavy (non-hydrogen) atoms. The molecule has 0 aliphatic rings. The highest BCUT2D eigenvalue weighted by atomic mass is 16.3. The van der Waals surface area contributed by atoms with E-state index in [0.717, 1.165) is 12.0 Å². The number of phenols is 1. The summed E-state index contributed by atoms with van der Waals surface area (Å²) in [4.78, 5) is 0. The van der Waals surface area contributed by atoms with E-state index in [1.54, 1.807) is 6.07 Å². The molecule has 0 saturated carbocycles. The first kappa shape index (κ1) is 12.5. The molecule has 0 fully saturated rings. The van der Waals surface area contributed by atoms with Crippen molar-refractivity contribution in [2.75, 3.05) is 0 Å². The van der Waals surface area contributed by atoms with Crippen molar-refractivity contribution in [1.29, 1.82) is 0 Å². The zero-order chi connectivity index (χ0) is 13.8. The van der Waals surface area contributed by atoms with Crippen molar-refractivity contribution in [3.8, 4) is 16.9 Å². The average Bonchev–Trinajstić information content (AvgIpc) is 2.49. The van der Waals surface area contributed by atoms with Gasteiger partial charge >= 0.3 is 0 Å². The van der Waals surface area contributed by atoms with Gasteiger partial charge in [-0.15, -0.1) is 0 Å². The van der Waals surface area contributed by atoms with Crippen molar-refractivity contribution in [3.05, 3.63) is 90.0 Å². The van der Waals surface area contributed by atoms with E-state index in [1.165, 1.54) is 16.7 Å². The highest BCUT2D eigenvalue weighted by Crippen LogP contribution is 2.28. The van der Waals surface area contributed by atoms with Gasteiger partial charge in [0.1, 0.15) is 5.75 Å². The Balaban J connectivity index is 2.03. The third-order valence-corrected chi connectivity index (χ3v) is 3.41. The standard InChI is InChI=1S/C19H16O/c20-18-11-12-19(16-9-5-2-6-10-16)17(14-18)13-15-7-3-1-4-8-15/h1-12,14,20H,13H2. The Hall–Kier alpha value is -2.54. The maximum absolute atomic E-state index is 9.76. The second kappa shape index (κ2) is 5.62. The van der Waals surface area contributed by atoms with Gasteiger partial charge in [0, 0.05) is 0 Å². The lowest BCUT2D eigenvalue weighted by molar-refractivity contribution is 0.475. The molecule has 0 aliphatic carbocycles. The maximum Gasteiger partial charge on any atom is 0.115 e.